The second-order valence-electron chi connectivity index (χ2n) is 9.53. The molecule has 1 aliphatic heterocycles. The Morgan fingerprint density at radius 1 is 1.00 bits per heavy atom. The third-order valence-corrected chi connectivity index (χ3v) is 6.23. The summed E-state index contributed by atoms with van der Waals surface area (Å²) in [6.07, 6.45) is 3.13. The molecule has 1 N–H and O–H groups in total. The monoisotopic (exact) mass is 493 g/mol. The van der Waals surface area contributed by atoms with Gasteiger partial charge in [0.05, 0.1) is 35.8 Å². The summed E-state index contributed by atoms with van der Waals surface area (Å²) >= 11 is 0. The molecule has 36 heavy (non-hydrogen) atoms. The first-order valence-electron chi connectivity index (χ1n) is 12.0. The minimum absolute atomic E-state index is 0.00429. The van der Waals surface area contributed by atoms with Crippen LogP contribution in [0.1, 0.15) is 39.6 Å². The smallest absolute Gasteiger partial charge is 0.229 e. The second-order valence-corrected chi connectivity index (χ2v) is 9.53. The van der Waals surface area contributed by atoms with Gasteiger partial charge in [-0.3, -0.25) is 0 Å². The Kier molecular flexibility index (Phi) is 6.29. The molecule has 0 aliphatic carbocycles. The van der Waals surface area contributed by atoms with Crippen molar-refractivity contribution in [1.29, 1.82) is 0 Å². The molecule has 0 saturated carbocycles. The highest BCUT2D eigenvalue weighted by molar-refractivity contribution is 5.83. The Hall–Kier alpha value is -3.66. The Morgan fingerprint density at radius 2 is 1.75 bits per heavy atom. The number of hydrogen-bond acceptors (Lipinski definition) is 7. The van der Waals surface area contributed by atoms with Gasteiger partial charge in [-0.1, -0.05) is 0 Å². The number of aromatic nitrogens is 5. The highest BCUT2D eigenvalue weighted by Gasteiger charge is 2.23. The lowest BCUT2D eigenvalue weighted by Crippen LogP contribution is -2.45. The van der Waals surface area contributed by atoms with Crippen LogP contribution in [0.2, 0.25) is 0 Å². The number of pyridine rings is 1. The number of nitrogens with zero attached hydrogens (tertiary/aromatic N) is 6. The van der Waals surface area contributed by atoms with Crippen LogP contribution >= 0.6 is 0 Å². The molecule has 0 radical (unpaired) electrons. The van der Waals surface area contributed by atoms with E-state index in [-0.39, 0.29) is 35.4 Å². The minimum Gasteiger partial charge on any atom is -0.372 e. The molecule has 1 fully saturated rings. The number of imidazole rings is 1. The number of anilines is 3. The zero-order chi connectivity index (χ0) is 25.6. The van der Waals surface area contributed by atoms with Gasteiger partial charge in [0.15, 0.2) is 11.6 Å². The van der Waals surface area contributed by atoms with Gasteiger partial charge < -0.3 is 19.5 Å². The van der Waals surface area contributed by atoms with Crippen LogP contribution in [0.3, 0.4) is 0 Å². The van der Waals surface area contributed by atoms with Gasteiger partial charge in [0.25, 0.3) is 0 Å². The third kappa shape index (κ3) is 4.60. The van der Waals surface area contributed by atoms with Gasteiger partial charge >= 0.3 is 0 Å². The summed E-state index contributed by atoms with van der Waals surface area (Å²) in [5.41, 5.74) is 2.14. The van der Waals surface area contributed by atoms with Crippen LogP contribution in [0.5, 0.6) is 0 Å². The molecule has 8 nitrogen and oxygen atoms in total. The normalized spacial score (nSPS) is 18.3. The Bertz CT molecular complexity index is 1390. The van der Waals surface area contributed by atoms with Crippen molar-refractivity contribution >= 4 is 28.5 Å². The third-order valence-electron chi connectivity index (χ3n) is 6.23. The van der Waals surface area contributed by atoms with Gasteiger partial charge in [0, 0.05) is 24.7 Å². The number of nitrogens with one attached hydrogen (secondary N) is 1. The van der Waals surface area contributed by atoms with Crippen LogP contribution in [0.15, 0.2) is 36.7 Å². The summed E-state index contributed by atoms with van der Waals surface area (Å²) in [6.45, 7) is 11.5. The van der Waals surface area contributed by atoms with Crippen molar-refractivity contribution < 1.29 is 13.5 Å². The molecule has 1 aromatic carbocycles. The molecule has 0 bridgehead atoms. The quantitative estimate of drug-likeness (QED) is 0.398. The van der Waals surface area contributed by atoms with E-state index in [4.69, 9.17) is 4.74 Å². The summed E-state index contributed by atoms with van der Waals surface area (Å²) in [5, 5.41) is 3.02. The number of aryl methyl sites for hydroxylation is 1. The first-order chi connectivity index (χ1) is 17.2. The molecule has 5 rings (SSSR count). The lowest BCUT2D eigenvalue weighted by Gasteiger charge is -2.36. The standard InChI is InChI=1S/C26H29F2N7O/c1-14(2)35-17(5)31-25-20(27)8-18(9-22(25)35)24-21(28)11-30-26(33-24)32-23-7-6-19(10-29-23)34-12-15(3)36-16(4)13-34/h6-11,14-16H,12-13H2,1-5H3,(H,29,30,32,33). The van der Waals surface area contributed by atoms with Gasteiger partial charge in [-0.15, -0.1) is 0 Å². The van der Waals surface area contributed by atoms with Crippen LogP contribution in [-0.2, 0) is 4.74 Å². The van der Waals surface area contributed by atoms with Crippen molar-refractivity contribution in [1.82, 2.24) is 24.5 Å². The van der Waals surface area contributed by atoms with Crippen molar-refractivity contribution in [2.75, 3.05) is 23.3 Å². The highest BCUT2D eigenvalue weighted by atomic mass is 19.1. The summed E-state index contributed by atoms with van der Waals surface area (Å²) < 4.78 is 37.4. The van der Waals surface area contributed by atoms with E-state index in [9.17, 15) is 8.78 Å². The fourth-order valence-corrected chi connectivity index (χ4v) is 4.84. The molecule has 10 heteroatoms. The van der Waals surface area contributed by atoms with Gasteiger partial charge in [-0.2, -0.15) is 0 Å². The maximum Gasteiger partial charge on any atom is 0.229 e. The van der Waals surface area contributed by atoms with E-state index in [1.54, 1.807) is 12.3 Å². The number of ether oxygens (including phenoxy) is 1. The topological polar surface area (TPSA) is 81.0 Å². The molecule has 188 valence electrons. The molecule has 2 atom stereocenters. The van der Waals surface area contributed by atoms with E-state index >= 15 is 0 Å². The average molecular weight is 494 g/mol. The molecule has 1 saturated heterocycles. The van der Waals surface area contributed by atoms with E-state index in [1.165, 1.54) is 6.07 Å². The van der Waals surface area contributed by atoms with Crippen molar-refractivity contribution in [3.8, 4) is 11.3 Å². The average Bonchev–Trinajstić information content (AvgIpc) is 3.17. The van der Waals surface area contributed by atoms with Gasteiger partial charge in [-0.05, 0) is 58.9 Å². The molecule has 3 aromatic heterocycles. The summed E-state index contributed by atoms with van der Waals surface area (Å²) in [6, 6.07) is 6.82. The maximum atomic E-state index is 14.9. The number of fused-ring (bicyclic) bond motifs is 1. The van der Waals surface area contributed by atoms with Crippen LogP contribution < -0.4 is 10.2 Å². The Labute approximate surface area is 208 Å². The van der Waals surface area contributed by atoms with Crippen LogP contribution in [0, 0.1) is 18.6 Å². The molecule has 0 spiro atoms. The zero-order valence-corrected chi connectivity index (χ0v) is 21.0. The molecule has 0 amide bonds. The van der Waals surface area contributed by atoms with E-state index in [0.29, 0.717) is 22.7 Å². The van der Waals surface area contributed by atoms with Gasteiger partial charge in [0.1, 0.15) is 22.9 Å². The van der Waals surface area contributed by atoms with Crippen molar-refractivity contribution in [3.63, 3.8) is 0 Å². The first-order valence-corrected chi connectivity index (χ1v) is 12.0. The van der Waals surface area contributed by atoms with Crippen molar-refractivity contribution in [2.24, 2.45) is 0 Å². The molecule has 1 aliphatic rings. The second kappa shape index (κ2) is 9.42. The van der Waals surface area contributed by atoms with E-state index in [2.05, 4.69) is 44.0 Å². The lowest BCUT2D eigenvalue weighted by molar-refractivity contribution is -0.00523. The van der Waals surface area contributed by atoms with Crippen molar-refractivity contribution in [2.45, 2.75) is 52.9 Å². The molecular formula is C26H29F2N7O. The predicted octanol–water partition coefficient (Wildman–Crippen LogP) is 5.41. The maximum absolute atomic E-state index is 14.9. The van der Waals surface area contributed by atoms with E-state index in [0.717, 1.165) is 25.0 Å². The molecule has 4 aromatic rings. The van der Waals surface area contributed by atoms with Crippen molar-refractivity contribution in [3.05, 3.63) is 54.1 Å². The molecular weight excluding hydrogens is 464 g/mol. The minimum atomic E-state index is -0.648. The largest absolute Gasteiger partial charge is 0.372 e. The van der Waals surface area contributed by atoms with Crippen LogP contribution in [-0.4, -0.2) is 49.8 Å². The zero-order valence-electron chi connectivity index (χ0n) is 21.0. The lowest BCUT2D eigenvalue weighted by atomic mass is 10.1. The summed E-state index contributed by atoms with van der Waals surface area (Å²) in [7, 11) is 0. The highest BCUT2D eigenvalue weighted by Crippen LogP contribution is 2.30. The number of hydrogen-bond donors (Lipinski definition) is 1. The molecule has 4 heterocycles. The van der Waals surface area contributed by atoms with Crippen LogP contribution in [0.25, 0.3) is 22.3 Å². The number of morpholine rings is 1. The fourth-order valence-electron chi connectivity index (χ4n) is 4.84. The first kappa shape index (κ1) is 24.1. The van der Waals surface area contributed by atoms with Crippen LogP contribution in [0.4, 0.5) is 26.2 Å². The number of rotatable bonds is 5. The molecule has 2 unspecified atom stereocenters. The van der Waals surface area contributed by atoms with E-state index < -0.39 is 11.6 Å². The fraction of sp³-hybridized carbons (Fsp3) is 0.385. The summed E-state index contributed by atoms with van der Waals surface area (Å²) in [5.74, 6) is 0.194. The SMILES string of the molecule is Cc1nc2c(F)cc(-c3nc(Nc4ccc(N5CC(C)OC(C)C5)cn4)ncc3F)cc2n1C(C)C. The Morgan fingerprint density at radius 3 is 2.42 bits per heavy atom. The Balaban J connectivity index is 1.42. The summed E-state index contributed by atoms with van der Waals surface area (Å²) in [4.78, 5) is 19.4. The number of benzene rings is 1. The number of halogens is 2. The van der Waals surface area contributed by atoms with Gasteiger partial charge in [-0.25, -0.2) is 28.7 Å². The van der Waals surface area contributed by atoms with E-state index in [1.807, 2.05) is 37.5 Å². The predicted molar refractivity (Wildman–Crippen MR) is 136 cm³/mol. The van der Waals surface area contributed by atoms with Gasteiger partial charge in [0.2, 0.25) is 5.95 Å².